The first-order valence-corrected chi connectivity index (χ1v) is 6.49. The number of methoxy groups -OCH3 is 1. The standard InChI is InChI=1S/C14H22N2O2/c1-15-12-6-4-8-16(10-12)9-11-5-3-7-13(18-2)14(11)17/h3,5,7,12,15,17H,4,6,8-10H2,1-2H3. The fraction of sp³-hybridized carbons (Fsp3) is 0.571. The number of likely N-dealkylation sites (tertiary alicyclic amines) is 1. The Morgan fingerprint density at radius 2 is 2.33 bits per heavy atom. The summed E-state index contributed by atoms with van der Waals surface area (Å²) in [6, 6.07) is 6.23. The lowest BCUT2D eigenvalue weighted by Crippen LogP contribution is -2.43. The van der Waals surface area contributed by atoms with Crippen LogP contribution in [0.5, 0.6) is 11.5 Å². The molecule has 100 valence electrons. The molecule has 2 rings (SSSR count). The van der Waals surface area contributed by atoms with Crippen molar-refractivity contribution in [1.82, 2.24) is 10.2 Å². The lowest BCUT2D eigenvalue weighted by molar-refractivity contribution is 0.186. The molecule has 1 heterocycles. The van der Waals surface area contributed by atoms with E-state index in [2.05, 4.69) is 10.2 Å². The van der Waals surface area contributed by atoms with Crippen LogP contribution in [0.1, 0.15) is 18.4 Å². The van der Waals surface area contributed by atoms with E-state index in [0.717, 1.165) is 25.2 Å². The number of nitrogens with one attached hydrogen (secondary N) is 1. The molecule has 1 aliphatic rings. The molecule has 1 fully saturated rings. The molecule has 0 bridgehead atoms. The van der Waals surface area contributed by atoms with Crippen molar-refractivity contribution in [1.29, 1.82) is 0 Å². The number of piperidine rings is 1. The Morgan fingerprint density at radius 1 is 1.50 bits per heavy atom. The fourth-order valence-electron chi connectivity index (χ4n) is 2.54. The molecule has 0 radical (unpaired) electrons. The van der Waals surface area contributed by atoms with Gasteiger partial charge in [0.25, 0.3) is 0 Å². The molecule has 0 aromatic heterocycles. The zero-order chi connectivity index (χ0) is 13.0. The third-order valence-electron chi connectivity index (χ3n) is 3.61. The molecular weight excluding hydrogens is 228 g/mol. The minimum Gasteiger partial charge on any atom is -0.504 e. The van der Waals surface area contributed by atoms with Gasteiger partial charge in [-0.3, -0.25) is 4.90 Å². The van der Waals surface area contributed by atoms with Crippen LogP contribution in [0.2, 0.25) is 0 Å². The SMILES string of the molecule is CNC1CCCN(Cc2cccc(OC)c2O)C1. The van der Waals surface area contributed by atoms with Gasteiger partial charge in [0, 0.05) is 24.7 Å². The van der Waals surface area contributed by atoms with Crippen LogP contribution in [0.4, 0.5) is 0 Å². The van der Waals surface area contributed by atoms with E-state index in [1.54, 1.807) is 13.2 Å². The molecule has 1 aromatic rings. The lowest BCUT2D eigenvalue weighted by atomic mass is 10.0. The van der Waals surface area contributed by atoms with Crippen LogP contribution < -0.4 is 10.1 Å². The van der Waals surface area contributed by atoms with Gasteiger partial charge in [0.2, 0.25) is 0 Å². The van der Waals surface area contributed by atoms with Crippen molar-refractivity contribution in [2.75, 3.05) is 27.2 Å². The minimum atomic E-state index is 0.270. The monoisotopic (exact) mass is 250 g/mol. The fourth-order valence-corrected chi connectivity index (χ4v) is 2.54. The number of para-hydroxylation sites is 1. The molecule has 1 atom stereocenters. The second-order valence-electron chi connectivity index (χ2n) is 4.83. The Labute approximate surface area is 109 Å². The van der Waals surface area contributed by atoms with Crippen molar-refractivity contribution in [3.8, 4) is 11.5 Å². The maximum atomic E-state index is 10.1. The van der Waals surface area contributed by atoms with Crippen LogP contribution in [0.25, 0.3) is 0 Å². The van der Waals surface area contributed by atoms with E-state index in [4.69, 9.17) is 4.74 Å². The summed E-state index contributed by atoms with van der Waals surface area (Å²) in [7, 11) is 3.59. The van der Waals surface area contributed by atoms with Crippen molar-refractivity contribution in [3.05, 3.63) is 23.8 Å². The maximum Gasteiger partial charge on any atom is 0.162 e. The highest BCUT2D eigenvalue weighted by Gasteiger charge is 2.19. The van der Waals surface area contributed by atoms with Gasteiger partial charge < -0.3 is 15.2 Å². The molecule has 1 unspecified atom stereocenters. The lowest BCUT2D eigenvalue weighted by Gasteiger charge is -2.32. The minimum absolute atomic E-state index is 0.270. The van der Waals surface area contributed by atoms with Crippen LogP contribution in [0.3, 0.4) is 0 Å². The number of nitrogens with zero attached hydrogens (tertiary/aromatic N) is 1. The van der Waals surface area contributed by atoms with E-state index in [9.17, 15) is 5.11 Å². The van der Waals surface area contributed by atoms with E-state index >= 15 is 0 Å². The normalized spacial score (nSPS) is 20.9. The smallest absolute Gasteiger partial charge is 0.162 e. The van der Waals surface area contributed by atoms with E-state index in [0.29, 0.717) is 11.8 Å². The molecule has 0 spiro atoms. The summed E-state index contributed by atoms with van der Waals surface area (Å²) in [5.74, 6) is 0.821. The highest BCUT2D eigenvalue weighted by atomic mass is 16.5. The Morgan fingerprint density at radius 3 is 3.06 bits per heavy atom. The average Bonchev–Trinajstić information content (AvgIpc) is 2.41. The predicted molar refractivity (Wildman–Crippen MR) is 72.0 cm³/mol. The number of phenols is 1. The summed E-state index contributed by atoms with van der Waals surface area (Å²) in [6.45, 7) is 2.91. The summed E-state index contributed by atoms with van der Waals surface area (Å²) in [5.41, 5.74) is 0.936. The Hall–Kier alpha value is -1.26. The van der Waals surface area contributed by atoms with Gasteiger partial charge in [0.05, 0.1) is 7.11 Å². The Kier molecular flexibility index (Phi) is 4.44. The first kappa shape index (κ1) is 13.2. The summed E-state index contributed by atoms with van der Waals surface area (Å²) in [6.07, 6.45) is 2.44. The zero-order valence-corrected chi connectivity index (χ0v) is 11.1. The van der Waals surface area contributed by atoms with Gasteiger partial charge in [0.15, 0.2) is 11.5 Å². The van der Waals surface area contributed by atoms with Crippen LogP contribution in [-0.4, -0.2) is 43.3 Å². The van der Waals surface area contributed by atoms with Crippen molar-refractivity contribution in [2.45, 2.75) is 25.4 Å². The third-order valence-corrected chi connectivity index (χ3v) is 3.61. The second-order valence-corrected chi connectivity index (χ2v) is 4.83. The summed E-state index contributed by atoms with van der Waals surface area (Å²) >= 11 is 0. The van der Waals surface area contributed by atoms with Crippen LogP contribution in [0, 0.1) is 0 Å². The number of hydrogen-bond acceptors (Lipinski definition) is 4. The van der Waals surface area contributed by atoms with E-state index in [1.807, 2.05) is 19.2 Å². The van der Waals surface area contributed by atoms with Crippen molar-refractivity contribution in [2.24, 2.45) is 0 Å². The highest BCUT2D eigenvalue weighted by molar-refractivity contribution is 5.45. The second kappa shape index (κ2) is 6.07. The first-order valence-electron chi connectivity index (χ1n) is 6.49. The molecule has 18 heavy (non-hydrogen) atoms. The molecule has 1 aromatic carbocycles. The average molecular weight is 250 g/mol. The Bertz CT molecular complexity index is 395. The van der Waals surface area contributed by atoms with Gasteiger partial charge in [-0.2, -0.15) is 0 Å². The number of phenolic OH excluding ortho intramolecular Hbond substituents is 1. The highest BCUT2D eigenvalue weighted by Crippen LogP contribution is 2.30. The summed E-state index contributed by atoms with van der Waals surface area (Å²) in [5, 5.41) is 13.4. The molecular formula is C14H22N2O2. The van der Waals surface area contributed by atoms with Gasteiger partial charge >= 0.3 is 0 Å². The number of likely N-dealkylation sites (N-methyl/N-ethyl adjacent to an activating group) is 1. The van der Waals surface area contributed by atoms with Gasteiger partial charge in [-0.1, -0.05) is 12.1 Å². The predicted octanol–water partition coefficient (Wildman–Crippen LogP) is 1.58. The number of aromatic hydroxyl groups is 1. The van der Waals surface area contributed by atoms with E-state index in [1.165, 1.54) is 12.8 Å². The number of benzene rings is 1. The van der Waals surface area contributed by atoms with Gasteiger partial charge in [-0.05, 0) is 32.5 Å². The molecule has 4 nitrogen and oxygen atoms in total. The molecule has 4 heteroatoms. The summed E-state index contributed by atoms with van der Waals surface area (Å²) < 4.78 is 5.14. The Balaban J connectivity index is 2.04. The quantitative estimate of drug-likeness (QED) is 0.851. The topological polar surface area (TPSA) is 44.7 Å². The van der Waals surface area contributed by atoms with Gasteiger partial charge in [0.1, 0.15) is 0 Å². The maximum absolute atomic E-state index is 10.1. The largest absolute Gasteiger partial charge is 0.504 e. The number of rotatable bonds is 4. The molecule has 0 saturated carbocycles. The van der Waals surface area contributed by atoms with E-state index < -0.39 is 0 Å². The number of ether oxygens (including phenoxy) is 1. The van der Waals surface area contributed by atoms with Gasteiger partial charge in [-0.25, -0.2) is 0 Å². The number of hydrogen-bond donors (Lipinski definition) is 2. The third kappa shape index (κ3) is 2.94. The summed E-state index contributed by atoms with van der Waals surface area (Å²) in [4.78, 5) is 2.37. The van der Waals surface area contributed by atoms with Crippen molar-refractivity contribution in [3.63, 3.8) is 0 Å². The zero-order valence-electron chi connectivity index (χ0n) is 11.1. The molecule has 0 aliphatic carbocycles. The van der Waals surface area contributed by atoms with Gasteiger partial charge in [-0.15, -0.1) is 0 Å². The van der Waals surface area contributed by atoms with Crippen LogP contribution in [-0.2, 0) is 6.54 Å². The van der Waals surface area contributed by atoms with Crippen molar-refractivity contribution < 1.29 is 9.84 Å². The van der Waals surface area contributed by atoms with Crippen molar-refractivity contribution >= 4 is 0 Å². The van der Waals surface area contributed by atoms with Crippen LogP contribution in [0.15, 0.2) is 18.2 Å². The molecule has 0 amide bonds. The first-order chi connectivity index (χ1) is 8.74. The van der Waals surface area contributed by atoms with E-state index in [-0.39, 0.29) is 5.75 Å². The molecule has 1 saturated heterocycles. The van der Waals surface area contributed by atoms with Crippen LogP contribution >= 0.6 is 0 Å². The molecule has 2 N–H and O–H groups in total. The molecule has 1 aliphatic heterocycles.